The van der Waals surface area contributed by atoms with E-state index in [1.807, 2.05) is 0 Å². The van der Waals surface area contributed by atoms with Gasteiger partial charge in [-0.1, -0.05) is 17.3 Å². The molecule has 2 aromatic carbocycles. The minimum Gasteiger partial charge on any atom is -0.497 e. The molecular formula is C19H16F2N2O3. The van der Waals surface area contributed by atoms with Gasteiger partial charge in [-0.2, -0.15) is 0 Å². The van der Waals surface area contributed by atoms with E-state index in [-0.39, 0.29) is 17.7 Å². The molecule has 0 atom stereocenters. The van der Waals surface area contributed by atoms with Crippen molar-refractivity contribution in [1.82, 2.24) is 10.5 Å². The molecule has 26 heavy (non-hydrogen) atoms. The van der Waals surface area contributed by atoms with Gasteiger partial charge in [0.05, 0.1) is 12.8 Å². The number of hydrogen-bond acceptors (Lipinski definition) is 4. The Morgan fingerprint density at radius 2 is 1.92 bits per heavy atom. The first-order valence-corrected chi connectivity index (χ1v) is 7.83. The summed E-state index contributed by atoms with van der Waals surface area (Å²) in [5.41, 5.74) is 1.34. The standard InChI is InChI=1S/C19H16F2N2O3/c1-11-16(18(26-23-11)12-6-8-14(25-2)9-7-12)19(24)22-10-13-4-3-5-15(20)17(13)21/h3-9H,10H2,1-2H3,(H,22,24). The number of rotatable bonds is 5. The molecular weight excluding hydrogens is 342 g/mol. The van der Waals surface area contributed by atoms with E-state index in [4.69, 9.17) is 9.26 Å². The molecule has 1 amide bonds. The predicted molar refractivity (Wildman–Crippen MR) is 90.8 cm³/mol. The average molecular weight is 358 g/mol. The van der Waals surface area contributed by atoms with E-state index in [0.29, 0.717) is 22.8 Å². The van der Waals surface area contributed by atoms with Crippen molar-refractivity contribution in [2.45, 2.75) is 13.5 Å². The molecule has 0 saturated heterocycles. The summed E-state index contributed by atoms with van der Waals surface area (Å²) in [6.07, 6.45) is 0. The molecule has 0 aliphatic heterocycles. The lowest BCUT2D eigenvalue weighted by molar-refractivity contribution is 0.0950. The van der Waals surface area contributed by atoms with Crippen LogP contribution in [-0.2, 0) is 6.54 Å². The lowest BCUT2D eigenvalue weighted by Crippen LogP contribution is -2.24. The molecule has 0 bridgehead atoms. The highest BCUT2D eigenvalue weighted by atomic mass is 19.2. The molecule has 1 N–H and O–H groups in total. The molecule has 134 valence electrons. The molecule has 1 heterocycles. The van der Waals surface area contributed by atoms with Crippen LogP contribution in [0.2, 0.25) is 0 Å². The lowest BCUT2D eigenvalue weighted by atomic mass is 10.1. The number of nitrogens with one attached hydrogen (secondary N) is 1. The Morgan fingerprint density at radius 1 is 1.19 bits per heavy atom. The van der Waals surface area contributed by atoms with Crippen molar-refractivity contribution >= 4 is 5.91 Å². The van der Waals surface area contributed by atoms with Crippen LogP contribution in [0.15, 0.2) is 47.0 Å². The van der Waals surface area contributed by atoms with Gasteiger partial charge in [0.1, 0.15) is 11.3 Å². The SMILES string of the molecule is COc1ccc(-c2onc(C)c2C(=O)NCc2cccc(F)c2F)cc1. The van der Waals surface area contributed by atoms with E-state index in [2.05, 4.69) is 10.5 Å². The number of halogens is 2. The molecule has 1 aromatic heterocycles. The van der Waals surface area contributed by atoms with E-state index in [1.165, 1.54) is 12.1 Å². The Bertz CT molecular complexity index is 936. The Kier molecular flexibility index (Phi) is 4.97. The third-order valence-electron chi connectivity index (χ3n) is 3.91. The fourth-order valence-electron chi connectivity index (χ4n) is 2.53. The van der Waals surface area contributed by atoms with E-state index < -0.39 is 17.5 Å². The van der Waals surface area contributed by atoms with Gasteiger partial charge in [-0.25, -0.2) is 8.78 Å². The van der Waals surface area contributed by atoms with Crippen molar-refractivity contribution in [3.63, 3.8) is 0 Å². The summed E-state index contributed by atoms with van der Waals surface area (Å²) in [4.78, 5) is 12.6. The van der Waals surface area contributed by atoms with Crippen molar-refractivity contribution in [3.05, 3.63) is 70.9 Å². The van der Waals surface area contributed by atoms with Crippen LogP contribution in [0.1, 0.15) is 21.6 Å². The van der Waals surface area contributed by atoms with Crippen molar-refractivity contribution < 1.29 is 22.8 Å². The third-order valence-corrected chi connectivity index (χ3v) is 3.91. The van der Waals surface area contributed by atoms with Gasteiger partial charge >= 0.3 is 0 Å². The Hall–Kier alpha value is -3.22. The molecule has 3 aromatic rings. The molecule has 0 unspecified atom stereocenters. The van der Waals surface area contributed by atoms with Gasteiger partial charge in [-0.05, 0) is 37.3 Å². The Balaban J connectivity index is 1.83. The molecule has 5 nitrogen and oxygen atoms in total. The van der Waals surface area contributed by atoms with Crippen LogP contribution in [0.3, 0.4) is 0 Å². The first kappa shape index (κ1) is 17.6. The number of nitrogens with zero attached hydrogens (tertiary/aromatic N) is 1. The maximum Gasteiger partial charge on any atom is 0.257 e. The fraction of sp³-hybridized carbons (Fsp3) is 0.158. The maximum absolute atomic E-state index is 13.7. The highest BCUT2D eigenvalue weighted by molar-refractivity contribution is 6.00. The molecule has 7 heteroatoms. The first-order valence-electron chi connectivity index (χ1n) is 7.83. The monoisotopic (exact) mass is 358 g/mol. The Morgan fingerprint density at radius 3 is 2.62 bits per heavy atom. The quantitative estimate of drug-likeness (QED) is 0.752. The topological polar surface area (TPSA) is 64.4 Å². The number of amides is 1. The highest BCUT2D eigenvalue weighted by Gasteiger charge is 2.22. The van der Waals surface area contributed by atoms with Crippen molar-refractivity contribution in [1.29, 1.82) is 0 Å². The van der Waals surface area contributed by atoms with Gasteiger partial charge in [0.25, 0.3) is 5.91 Å². The smallest absolute Gasteiger partial charge is 0.257 e. The summed E-state index contributed by atoms with van der Waals surface area (Å²) in [6, 6.07) is 10.8. The number of ether oxygens (including phenoxy) is 1. The number of methoxy groups -OCH3 is 1. The van der Waals surface area contributed by atoms with E-state index in [9.17, 15) is 13.6 Å². The van der Waals surface area contributed by atoms with Crippen LogP contribution in [-0.4, -0.2) is 18.2 Å². The number of aryl methyl sites for hydroxylation is 1. The molecule has 3 rings (SSSR count). The van der Waals surface area contributed by atoms with E-state index >= 15 is 0 Å². The zero-order chi connectivity index (χ0) is 18.7. The Labute approximate surface area is 148 Å². The van der Waals surface area contributed by atoms with Crippen LogP contribution in [0.25, 0.3) is 11.3 Å². The van der Waals surface area contributed by atoms with Crippen molar-refractivity contribution in [2.24, 2.45) is 0 Å². The molecule has 0 aliphatic rings. The van der Waals surface area contributed by atoms with Crippen LogP contribution in [0.4, 0.5) is 8.78 Å². The number of aromatic nitrogens is 1. The van der Waals surface area contributed by atoms with Crippen molar-refractivity contribution in [2.75, 3.05) is 7.11 Å². The number of carbonyl (C=O) groups excluding carboxylic acids is 1. The number of carbonyl (C=O) groups is 1. The molecule has 0 aliphatic carbocycles. The van der Waals surface area contributed by atoms with Gasteiger partial charge in [0.2, 0.25) is 0 Å². The first-order chi connectivity index (χ1) is 12.5. The molecule has 0 fully saturated rings. The summed E-state index contributed by atoms with van der Waals surface area (Å²) < 4.78 is 37.4. The van der Waals surface area contributed by atoms with E-state index in [1.54, 1.807) is 38.3 Å². The van der Waals surface area contributed by atoms with Crippen LogP contribution < -0.4 is 10.1 Å². The summed E-state index contributed by atoms with van der Waals surface area (Å²) in [6.45, 7) is 1.48. The van der Waals surface area contributed by atoms with Gasteiger partial charge in [0, 0.05) is 17.7 Å². The second kappa shape index (κ2) is 7.35. The minimum atomic E-state index is -0.981. The van der Waals surface area contributed by atoms with Crippen LogP contribution >= 0.6 is 0 Å². The summed E-state index contributed by atoms with van der Waals surface area (Å²) in [5, 5.41) is 6.41. The number of hydrogen-bond donors (Lipinski definition) is 1. The summed E-state index contributed by atoms with van der Waals surface area (Å²) in [5.74, 6) is -1.47. The summed E-state index contributed by atoms with van der Waals surface area (Å²) in [7, 11) is 1.55. The summed E-state index contributed by atoms with van der Waals surface area (Å²) >= 11 is 0. The van der Waals surface area contributed by atoms with Crippen LogP contribution in [0.5, 0.6) is 5.75 Å². The van der Waals surface area contributed by atoms with Crippen LogP contribution in [0, 0.1) is 18.6 Å². The van der Waals surface area contributed by atoms with Gasteiger partial charge in [0.15, 0.2) is 17.4 Å². The molecule has 0 spiro atoms. The largest absolute Gasteiger partial charge is 0.497 e. The van der Waals surface area contributed by atoms with Gasteiger partial charge in [-0.3, -0.25) is 4.79 Å². The zero-order valence-electron chi connectivity index (χ0n) is 14.2. The molecule has 0 radical (unpaired) electrons. The second-order valence-electron chi connectivity index (χ2n) is 5.60. The van der Waals surface area contributed by atoms with Gasteiger partial charge < -0.3 is 14.6 Å². The average Bonchev–Trinajstić information content (AvgIpc) is 3.04. The predicted octanol–water partition coefficient (Wildman–Crippen LogP) is 3.87. The number of benzene rings is 2. The molecule has 0 saturated carbocycles. The lowest BCUT2D eigenvalue weighted by Gasteiger charge is -2.07. The minimum absolute atomic E-state index is 0.0541. The van der Waals surface area contributed by atoms with Gasteiger partial charge in [-0.15, -0.1) is 0 Å². The normalized spacial score (nSPS) is 10.6. The van der Waals surface area contributed by atoms with Crippen molar-refractivity contribution in [3.8, 4) is 17.1 Å². The fourth-order valence-corrected chi connectivity index (χ4v) is 2.53. The maximum atomic E-state index is 13.7. The zero-order valence-corrected chi connectivity index (χ0v) is 14.2. The third kappa shape index (κ3) is 3.42. The van der Waals surface area contributed by atoms with E-state index in [0.717, 1.165) is 6.07 Å². The second-order valence-corrected chi connectivity index (χ2v) is 5.60. The highest BCUT2D eigenvalue weighted by Crippen LogP contribution is 2.28.